The summed E-state index contributed by atoms with van der Waals surface area (Å²) in [6, 6.07) is 5.77. The molecule has 0 saturated carbocycles. The minimum Gasteiger partial charge on any atom is -0.493 e. The van der Waals surface area contributed by atoms with Gasteiger partial charge in [0.05, 0.1) is 7.11 Å². The minimum atomic E-state index is -0.514. The fraction of sp³-hybridized carbons (Fsp3) is 0.417. The van der Waals surface area contributed by atoms with Crippen LogP contribution in [-0.2, 0) is 4.79 Å². The quantitative estimate of drug-likeness (QED) is 0.770. The third-order valence-electron chi connectivity index (χ3n) is 2.49. The SMILES string of the molecule is CNC(C)c1ccc(OCC(N)=O)c(OC)c1. The molecule has 0 aromatic heterocycles. The number of hydrogen-bond donors (Lipinski definition) is 2. The average Bonchev–Trinajstić information content (AvgIpc) is 2.34. The number of nitrogens with one attached hydrogen (secondary N) is 1. The van der Waals surface area contributed by atoms with Crippen molar-refractivity contribution in [2.24, 2.45) is 5.73 Å². The first kappa shape index (κ1) is 13.3. The smallest absolute Gasteiger partial charge is 0.255 e. The molecule has 94 valence electrons. The molecule has 0 spiro atoms. The molecule has 1 unspecified atom stereocenters. The maximum Gasteiger partial charge on any atom is 0.255 e. The molecule has 5 heteroatoms. The third kappa shape index (κ3) is 3.64. The van der Waals surface area contributed by atoms with Crippen LogP contribution in [0.3, 0.4) is 0 Å². The van der Waals surface area contributed by atoms with Crippen LogP contribution in [-0.4, -0.2) is 26.7 Å². The van der Waals surface area contributed by atoms with E-state index in [4.69, 9.17) is 15.2 Å². The molecule has 5 nitrogen and oxygen atoms in total. The van der Waals surface area contributed by atoms with Crippen molar-refractivity contribution in [3.05, 3.63) is 23.8 Å². The number of carbonyl (C=O) groups is 1. The topological polar surface area (TPSA) is 73.6 Å². The normalized spacial score (nSPS) is 11.9. The van der Waals surface area contributed by atoms with E-state index in [1.54, 1.807) is 13.2 Å². The van der Waals surface area contributed by atoms with Crippen molar-refractivity contribution in [2.75, 3.05) is 20.8 Å². The van der Waals surface area contributed by atoms with Gasteiger partial charge in [0, 0.05) is 6.04 Å². The fourth-order valence-electron chi connectivity index (χ4n) is 1.39. The van der Waals surface area contributed by atoms with Gasteiger partial charge in [0.25, 0.3) is 5.91 Å². The molecule has 1 aromatic rings. The second kappa shape index (κ2) is 6.10. The largest absolute Gasteiger partial charge is 0.493 e. The zero-order valence-electron chi connectivity index (χ0n) is 10.3. The molecular weight excluding hydrogens is 220 g/mol. The van der Waals surface area contributed by atoms with Crippen LogP contribution < -0.4 is 20.5 Å². The van der Waals surface area contributed by atoms with Gasteiger partial charge in [-0.3, -0.25) is 4.79 Å². The Morgan fingerprint density at radius 3 is 2.71 bits per heavy atom. The number of rotatable bonds is 6. The first-order valence-electron chi connectivity index (χ1n) is 5.34. The number of carbonyl (C=O) groups excluding carboxylic acids is 1. The van der Waals surface area contributed by atoms with Gasteiger partial charge < -0.3 is 20.5 Å². The van der Waals surface area contributed by atoms with Crippen molar-refractivity contribution in [1.29, 1.82) is 0 Å². The number of benzene rings is 1. The predicted octanol–water partition coefficient (Wildman–Crippen LogP) is 0.840. The van der Waals surface area contributed by atoms with E-state index in [9.17, 15) is 4.79 Å². The molecule has 0 heterocycles. The molecule has 0 aliphatic rings. The second-order valence-corrected chi connectivity index (χ2v) is 3.68. The summed E-state index contributed by atoms with van der Waals surface area (Å²) in [6.45, 7) is 1.88. The number of methoxy groups -OCH3 is 1. The van der Waals surface area contributed by atoms with Crippen LogP contribution in [0.4, 0.5) is 0 Å². The Labute approximate surface area is 101 Å². The lowest BCUT2D eigenvalue weighted by Crippen LogP contribution is -2.20. The molecule has 0 fully saturated rings. The lowest BCUT2D eigenvalue weighted by Gasteiger charge is -2.14. The molecule has 0 radical (unpaired) electrons. The molecule has 3 N–H and O–H groups in total. The summed E-state index contributed by atoms with van der Waals surface area (Å²) < 4.78 is 10.4. The van der Waals surface area contributed by atoms with E-state index < -0.39 is 5.91 Å². The molecule has 0 bridgehead atoms. The number of ether oxygens (including phenoxy) is 2. The molecule has 1 rings (SSSR count). The van der Waals surface area contributed by atoms with Crippen LogP contribution in [0.5, 0.6) is 11.5 Å². The van der Waals surface area contributed by atoms with Crippen molar-refractivity contribution in [1.82, 2.24) is 5.32 Å². The summed E-state index contributed by atoms with van der Waals surface area (Å²) in [5.74, 6) is 0.587. The van der Waals surface area contributed by atoms with Crippen LogP contribution in [0.15, 0.2) is 18.2 Å². The zero-order chi connectivity index (χ0) is 12.8. The Kier molecular flexibility index (Phi) is 4.78. The van der Waals surface area contributed by atoms with Crippen molar-refractivity contribution < 1.29 is 14.3 Å². The Morgan fingerprint density at radius 2 is 2.18 bits per heavy atom. The molecule has 1 atom stereocenters. The van der Waals surface area contributed by atoms with Gasteiger partial charge in [-0.05, 0) is 31.7 Å². The van der Waals surface area contributed by atoms with E-state index in [0.717, 1.165) is 5.56 Å². The van der Waals surface area contributed by atoms with Crippen molar-refractivity contribution in [2.45, 2.75) is 13.0 Å². The lowest BCUT2D eigenvalue weighted by molar-refractivity contribution is -0.119. The van der Waals surface area contributed by atoms with Gasteiger partial charge in [-0.15, -0.1) is 0 Å². The summed E-state index contributed by atoms with van der Waals surface area (Å²) in [7, 11) is 3.44. The molecule has 0 aliphatic heterocycles. The average molecular weight is 238 g/mol. The monoisotopic (exact) mass is 238 g/mol. The van der Waals surface area contributed by atoms with E-state index in [1.807, 2.05) is 26.1 Å². The van der Waals surface area contributed by atoms with Crippen LogP contribution in [0.2, 0.25) is 0 Å². The van der Waals surface area contributed by atoms with E-state index in [2.05, 4.69) is 5.32 Å². The van der Waals surface area contributed by atoms with Gasteiger partial charge >= 0.3 is 0 Å². The fourth-order valence-corrected chi connectivity index (χ4v) is 1.39. The van der Waals surface area contributed by atoms with Gasteiger partial charge in [0.1, 0.15) is 0 Å². The number of hydrogen-bond acceptors (Lipinski definition) is 4. The highest BCUT2D eigenvalue weighted by Gasteiger charge is 2.09. The Hall–Kier alpha value is -1.75. The summed E-state index contributed by atoms with van der Waals surface area (Å²) in [5.41, 5.74) is 6.10. The van der Waals surface area contributed by atoms with Crippen LogP contribution >= 0.6 is 0 Å². The van der Waals surface area contributed by atoms with Crippen LogP contribution in [0.25, 0.3) is 0 Å². The number of primary amides is 1. The van der Waals surface area contributed by atoms with E-state index in [-0.39, 0.29) is 12.6 Å². The Morgan fingerprint density at radius 1 is 1.47 bits per heavy atom. The van der Waals surface area contributed by atoms with E-state index in [1.165, 1.54) is 0 Å². The van der Waals surface area contributed by atoms with Crippen molar-refractivity contribution in [3.8, 4) is 11.5 Å². The maximum absolute atomic E-state index is 10.6. The van der Waals surface area contributed by atoms with Gasteiger partial charge in [-0.1, -0.05) is 6.07 Å². The first-order chi connectivity index (χ1) is 8.08. The zero-order valence-corrected chi connectivity index (χ0v) is 10.3. The molecule has 0 saturated heterocycles. The van der Waals surface area contributed by atoms with Crippen LogP contribution in [0, 0.1) is 0 Å². The third-order valence-corrected chi connectivity index (χ3v) is 2.49. The van der Waals surface area contributed by atoms with E-state index in [0.29, 0.717) is 11.5 Å². The van der Waals surface area contributed by atoms with Gasteiger partial charge in [-0.25, -0.2) is 0 Å². The van der Waals surface area contributed by atoms with Gasteiger partial charge in [0.15, 0.2) is 18.1 Å². The van der Waals surface area contributed by atoms with Crippen molar-refractivity contribution in [3.63, 3.8) is 0 Å². The first-order valence-corrected chi connectivity index (χ1v) is 5.34. The highest BCUT2D eigenvalue weighted by molar-refractivity contribution is 5.75. The molecular formula is C12H18N2O3. The van der Waals surface area contributed by atoms with E-state index >= 15 is 0 Å². The second-order valence-electron chi connectivity index (χ2n) is 3.68. The summed E-state index contributed by atoms with van der Waals surface area (Å²) in [6.07, 6.45) is 0. The molecule has 17 heavy (non-hydrogen) atoms. The highest BCUT2D eigenvalue weighted by atomic mass is 16.5. The number of nitrogens with two attached hydrogens (primary N) is 1. The summed E-state index contributed by atoms with van der Waals surface area (Å²) in [4.78, 5) is 10.6. The van der Waals surface area contributed by atoms with Crippen LogP contribution in [0.1, 0.15) is 18.5 Å². The molecule has 0 aliphatic carbocycles. The van der Waals surface area contributed by atoms with Gasteiger partial charge in [0.2, 0.25) is 0 Å². The predicted molar refractivity (Wildman–Crippen MR) is 65.2 cm³/mol. The Bertz CT molecular complexity index is 393. The lowest BCUT2D eigenvalue weighted by atomic mass is 10.1. The molecule has 1 aromatic carbocycles. The molecule has 1 amide bonds. The summed E-state index contributed by atoms with van der Waals surface area (Å²) >= 11 is 0. The standard InChI is InChI=1S/C12H18N2O3/c1-8(14-2)9-4-5-10(11(6-9)16-3)17-7-12(13)15/h4-6,8,14H,7H2,1-3H3,(H2,13,15). The van der Waals surface area contributed by atoms with Gasteiger partial charge in [-0.2, -0.15) is 0 Å². The minimum absolute atomic E-state index is 0.155. The maximum atomic E-state index is 10.6. The summed E-state index contributed by atoms with van der Waals surface area (Å²) in [5, 5.41) is 3.13. The highest BCUT2D eigenvalue weighted by Crippen LogP contribution is 2.30. The van der Waals surface area contributed by atoms with Crippen molar-refractivity contribution >= 4 is 5.91 Å². The number of amides is 1. The Balaban J connectivity index is 2.89.